The first kappa shape index (κ1) is 16.9. The van der Waals surface area contributed by atoms with E-state index in [1.165, 1.54) is 31.4 Å². The lowest BCUT2D eigenvalue weighted by atomic mass is 9.84. The fourth-order valence-corrected chi connectivity index (χ4v) is 4.18. The van der Waals surface area contributed by atoms with Crippen molar-refractivity contribution in [1.29, 1.82) is 0 Å². The van der Waals surface area contributed by atoms with E-state index in [1.54, 1.807) is 7.11 Å². The van der Waals surface area contributed by atoms with E-state index in [0.717, 1.165) is 11.0 Å². The Balaban J connectivity index is 2.38. The minimum atomic E-state index is 0.155. The number of likely N-dealkylation sites (N-methyl/N-ethyl adjacent to an activating group) is 2. The molecule has 1 aliphatic rings. The van der Waals surface area contributed by atoms with Crippen LogP contribution in [-0.2, 0) is 11.3 Å². The highest BCUT2D eigenvalue weighted by molar-refractivity contribution is 9.10. The number of hydrogen-bond acceptors (Lipinski definition) is 4. The van der Waals surface area contributed by atoms with Gasteiger partial charge in [0.15, 0.2) is 0 Å². The molecule has 120 valence electrons. The van der Waals surface area contributed by atoms with Crippen molar-refractivity contribution in [3.8, 4) is 0 Å². The lowest BCUT2D eigenvalue weighted by molar-refractivity contribution is 0.102. The van der Waals surface area contributed by atoms with E-state index in [4.69, 9.17) is 4.74 Å². The fraction of sp³-hybridized carbons (Fsp3) is 0.800. The molecular formula is C15H27BrN4O. The summed E-state index contributed by atoms with van der Waals surface area (Å²) in [5.74, 6) is 0. The average Bonchev–Trinajstić information content (AvgIpc) is 3.08. The van der Waals surface area contributed by atoms with Crippen molar-refractivity contribution in [1.82, 2.24) is 20.0 Å². The smallest absolute Gasteiger partial charge is 0.0715 e. The minimum absolute atomic E-state index is 0.155. The summed E-state index contributed by atoms with van der Waals surface area (Å²) in [6.45, 7) is 1.45. The van der Waals surface area contributed by atoms with Crippen molar-refractivity contribution in [2.75, 3.05) is 34.9 Å². The van der Waals surface area contributed by atoms with Crippen LogP contribution in [0.1, 0.15) is 37.4 Å². The van der Waals surface area contributed by atoms with Gasteiger partial charge in [0, 0.05) is 12.6 Å². The van der Waals surface area contributed by atoms with Crippen LogP contribution in [0.3, 0.4) is 0 Å². The van der Waals surface area contributed by atoms with Crippen LogP contribution in [0.25, 0.3) is 0 Å². The Morgan fingerprint density at radius 1 is 1.48 bits per heavy atom. The molecule has 21 heavy (non-hydrogen) atoms. The number of aromatic nitrogens is 2. The zero-order chi connectivity index (χ0) is 15.5. The van der Waals surface area contributed by atoms with Gasteiger partial charge >= 0.3 is 0 Å². The predicted octanol–water partition coefficient (Wildman–Crippen LogP) is 2.43. The number of nitrogens with one attached hydrogen (secondary N) is 1. The number of hydrogen-bond donors (Lipinski definition) is 1. The molecule has 0 radical (unpaired) electrons. The summed E-state index contributed by atoms with van der Waals surface area (Å²) in [6.07, 6.45) is 6.91. The summed E-state index contributed by atoms with van der Waals surface area (Å²) in [5.41, 5.74) is 1.38. The molecule has 2 rings (SSSR count). The summed E-state index contributed by atoms with van der Waals surface area (Å²) >= 11 is 3.69. The second-order valence-corrected chi connectivity index (χ2v) is 6.87. The highest BCUT2D eigenvalue weighted by Crippen LogP contribution is 2.44. The summed E-state index contributed by atoms with van der Waals surface area (Å²) < 4.78 is 8.36. The Morgan fingerprint density at radius 3 is 2.67 bits per heavy atom. The Labute approximate surface area is 136 Å². The second-order valence-electron chi connectivity index (χ2n) is 6.02. The monoisotopic (exact) mass is 358 g/mol. The second kappa shape index (κ2) is 7.22. The maximum Gasteiger partial charge on any atom is 0.0715 e. The largest absolute Gasteiger partial charge is 0.383 e. The minimum Gasteiger partial charge on any atom is -0.383 e. The average molecular weight is 359 g/mol. The third kappa shape index (κ3) is 3.18. The predicted molar refractivity (Wildman–Crippen MR) is 88.5 cm³/mol. The molecule has 1 aliphatic carbocycles. The van der Waals surface area contributed by atoms with E-state index >= 15 is 0 Å². The molecule has 0 aromatic carbocycles. The summed E-state index contributed by atoms with van der Waals surface area (Å²) in [4.78, 5) is 2.39. The molecule has 1 saturated carbocycles. The van der Waals surface area contributed by atoms with Crippen LogP contribution in [0.15, 0.2) is 10.7 Å². The van der Waals surface area contributed by atoms with E-state index in [0.29, 0.717) is 6.61 Å². The molecule has 0 spiro atoms. The molecular weight excluding hydrogens is 332 g/mol. The first-order chi connectivity index (χ1) is 10.1. The van der Waals surface area contributed by atoms with Crippen molar-refractivity contribution < 1.29 is 4.74 Å². The van der Waals surface area contributed by atoms with Crippen LogP contribution < -0.4 is 5.32 Å². The SMILES string of the molecule is CNC(c1c(Br)cnn1CCOC)C1(N(C)C)CCCC1. The maximum atomic E-state index is 5.21. The van der Waals surface area contributed by atoms with Gasteiger partial charge in [-0.2, -0.15) is 5.10 Å². The Hall–Kier alpha value is -0.430. The van der Waals surface area contributed by atoms with Gasteiger partial charge in [-0.05, 0) is 49.9 Å². The number of rotatable bonds is 7. The molecule has 0 saturated heterocycles. The highest BCUT2D eigenvalue weighted by atomic mass is 79.9. The molecule has 1 fully saturated rings. The van der Waals surface area contributed by atoms with Crippen LogP contribution in [0.2, 0.25) is 0 Å². The van der Waals surface area contributed by atoms with Gasteiger partial charge in [0.1, 0.15) is 0 Å². The van der Waals surface area contributed by atoms with E-state index in [2.05, 4.69) is 50.0 Å². The Kier molecular flexibility index (Phi) is 5.82. The van der Waals surface area contributed by atoms with Gasteiger partial charge in [0.05, 0.1) is 35.6 Å². The highest BCUT2D eigenvalue weighted by Gasteiger charge is 2.45. The lowest BCUT2D eigenvalue weighted by Gasteiger charge is -2.43. The Morgan fingerprint density at radius 2 is 2.14 bits per heavy atom. The molecule has 0 aliphatic heterocycles. The van der Waals surface area contributed by atoms with Gasteiger partial charge < -0.3 is 15.0 Å². The van der Waals surface area contributed by atoms with Crippen LogP contribution in [0.5, 0.6) is 0 Å². The van der Waals surface area contributed by atoms with E-state index in [9.17, 15) is 0 Å². The van der Waals surface area contributed by atoms with Crippen molar-refractivity contribution in [3.63, 3.8) is 0 Å². The molecule has 6 heteroatoms. The van der Waals surface area contributed by atoms with Crippen LogP contribution >= 0.6 is 15.9 Å². The van der Waals surface area contributed by atoms with Crippen molar-refractivity contribution in [2.45, 2.75) is 43.8 Å². The van der Waals surface area contributed by atoms with Crippen LogP contribution in [0, 0.1) is 0 Å². The zero-order valence-corrected chi connectivity index (χ0v) is 15.1. The number of halogens is 1. The maximum absolute atomic E-state index is 5.21. The van der Waals surface area contributed by atoms with E-state index in [-0.39, 0.29) is 11.6 Å². The van der Waals surface area contributed by atoms with Gasteiger partial charge in [-0.15, -0.1) is 0 Å². The normalized spacial score (nSPS) is 19.3. The summed E-state index contributed by atoms with van der Waals surface area (Å²) in [7, 11) is 8.17. The van der Waals surface area contributed by atoms with E-state index in [1.807, 2.05) is 13.2 Å². The first-order valence-electron chi connectivity index (χ1n) is 7.61. The molecule has 5 nitrogen and oxygen atoms in total. The standard InChI is InChI=1S/C15H27BrN4O/c1-17-14(15(19(2)3)7-5-6-8-15)13-12(16)11-18-20(13)9-10-21-4/h11,14,17H,5-10H2,1-4H3. The lowest BCUT2D eigenvalue weighted by Crippen LogP contribution is -2.52. The van der Waals surface area contributed by atoms with Crippen LogP contribution in [-0.4, -0.2) is 55.1 Å². The quantitative estimate of drug-likeness (QED) is 0.812. The van der Waals surface area contributed by atoms with Gasteiger partial charge in [0.2, 0.25) is 0 Å². The molecule has 1 heterocycles. The number of nitrogens with zero attached hydrogens (tertiary/aromatic N) is 3. The van der Waals surface area contributed by atoms with Crippen molar-refractivity contribution in [3.05, 3.63) is 16.4 Å². The third-order valence-corrected chi connectivity index (χ3v) is 5.41. The zero-order valence-electron chi connectivity index (χ0n) is 13.5. The Bertz CT molecular complexity index is 455. The number of methoxy groups -OCH3 is 1. The molecule has 0 bridgehead atoms. The van der Waals surface area contributed by atoms with Gasteiger partial charge in [-0.3, -0.25) is 4.68 Å². The van der Waals surface area contributed by atoms with Crippen LogP contribution in [0.4, 0.5) is 0 Å². The van der Waals surface area contributed by atoms with Gasteiger partial charge in [0.25, 0.3) is 0 Å². The fourth-order valence-electron chi connectivity index (χ4n) is 3.66. The van der Waals surface area contributed by atoms with Crippen molar-refractivity contribution >= 4 is 15.9 Å². The van der Waals surface area contributed by atoms with Gasteiger partial charge in [-0.25, -0.2) is 0 Å². The van der Waals surface area contributed by atoms with Gasteiger partial charge in [-0.1, -0.05) is 12.8 Å². The van der Waals surface area contributed by atoms with Crippen molar-refractivity contribution in [2.24, 2.45) is 0 Å². The molecule has 1 aromatic heterocycles. The topological polar surface area (TPSA) is 42.3 Å². The molecule has 0 amide bonds. The first-order valence-corrected chi connectivity index (χ1v) is 8.41. The summed E-state index contributed by atoms with van der Waals surface area (Å²) in [6, 6.07) is 0.253. The van der Waals surface area contributed by atoms with E-state index < -0.39 is 0 Å². The molecule has 1 N–H and O–H groups in total. The molecule has 1 atom stereocenters. The molecule has 1 unspecified atom stereocenters. The summed E-state index contributed by atoms with van der Waals surface area (Å²) in [5, 5.41) is 8.07. The third-order valence-electron chi connectivity index (χ3n) is 4.80. The number of ether oxygens (including phenoxy) is 1. The molecule has 1 aromatic rings.